The fourth-order valence-corrected chi connectivity index (χ4v) is 5.90. The number of fused-ring (bicyclic) bond motifs is 2. The van der Waals surface area contributed by atoms with Crippen LogP contribution in [0.2, 0.25) is 0 Å². The summed E-state index contributed by atoms with van der Waals surface area (Å²) in [4.78, 5) is 13.3. The Kier molecular flexibility index (Phi) is 7.24. The number of benzene rings is 4. The van der Waals surface area contributed by atoms with E-state index in [1.807, 2.05) is 55.5 Å². The Hall–Kier alpha value is -5.03. The van der Waals surface area contributed by atoms with Crippen LogP contribution in [0.15, 0.2) is 95.5 Å². The number of rotatable bonds is 6. The molecule has 0 aliphatic heterocycles. The number of halogens is 3. The van der Waals surface area contributed by atoms with Crippen molar-refractivity contribution in [3.8, 4) is 28.1 Å². The van der Waals surface area contributed by atoms with Gasteiger partial charge in [0.05, 0.1) is 28.6 Å². The number of aromatic nitrogens is 1. The average molecular weight is 632 g/mol. The second-order valence-electron chi connectivity index (χ2n) is 10.9. The number of anilines is 1. The Morgan fingerprint density at radius 1 is 0.911 bits per heavy atom. The lowest BCUT2D eigenvalue weighted by Gasteiger charge is -2.21. The van der Waals surface area contributed by atoms with E-state index < -0.39 is 21.8 Å². The molecule has 1 amide bonds. The maximum atomic E-state index is 13.3. The molecule has 2 heterocycles. The van der Waals surface area contributed by atoms with Crippen molar-refractivity contribution in [1.29, 1.82) is 0 Å². The van der Waals surface area contributed by atoms with Crippen LogP contribution >= 0.6 is 0 Å². The summed E-state index contributed by atoms with van der Waals surface area (Å²) in [5.41, 5.74) is 4.29. The zero-order valence-corrected chi connectivity index (χ0v) is 25.5. The molecule has 7 nitrogen and oxygen atoms in total. The van der Waals surface area contributed by atoms with Crippen LogP contribution in [0.5, 0.6) is 0 Å². The molecule has 0 spiro atoms. The van der Waals surface area contributed by atoms with E-state index in [2.05, 4.69) is 5.32 Å². The van der Waals surface area contributed by atoms with Gasteiger partial charge < -0.3 is 14.3 Å². The third-order valence-electron chi connectivity index (χ3n) is 7.89. The van der Waals surface area contributed by atoms with Crippen LogP contribution in [0.1, 0.15) is 21.5 Å². The summed E-state index contributed by atoms with van der Waals surface area (Å²) in [5, 5.41) is 4.00. The number of furan rings is 1. The molecular formula is C34H28F3N3O4S. The van der Waals surface area contributed by atoms with E-state index in [-0.39, 0.29) is 5.91 Å². The van der Waals surface area contributed by atoms with Gasteiger partial charge >= 0.3 is 6.18 Å². The molecule has 45 heavy (non-hydrogen) atoms. The third-order valence-corrected chi connectivity index (χ3v) is 9.08. The van der Waals surface area contributed by atoms with E-state index in [9.17, 15) is 26.4 Å². The SMILES string of the molecule is CNC(=O)c1c(-c2ccc(C)cc2)oc2cc(N(C)S(C)(=O)=O)c(-c3ccc4ccn(-c5ccc(C(F)(F)F)cc5)c4c3)cc12. The molecule has 0 saturated heterocycles. The van der Waals surface area contributed by atoms with Crippen molar-refractivity contribution in [2.24, 2.45) is 0 Å². The summed E-state index contributed by atoms with van der Waals surface area (Å²) >= 11 is 0. The smallest absolute Gasteiger partial charge is 0.416 e. The van der Waals surface area contributed by atoms with E-state index in [4.69, 9.17) is 4.42 Å². The van der Waals surface area contributed by atoms with Gasteiger partial charge in [0, 0.05) is 48.6 Å². The first kappa shape index (κ1) is 30.0. The average Bonchev–Trinajstić information content (AvgIpc) is 3.60. The first-order valence-electron chi connectivity index (χ1n) is 13.9. The fourth-order valence-electron chi connectivity index (χ4n) is 5.39. The molecule has 1 N–H and O–H groups in total. The van der Waals surface area contributed by atoms with E-state index >= 15 is 0 Å². The van der Waals surface area contributed by atoms with Crippen molar-refractivity contribution in [2.45, 2.75) is 13.1 Å². The molecule has 0 fully saturated rings. The number of sulfonamides is 1. The van der Waals surface area contributed by atoms with Gasteiger partial charge in [0.15, 0.2) is 0 Å². The largest absolute Gasteiger partial charge is 0.455 e. The zero-order valence-electron chi connectivity index (χ0n) is 24.7. The first-order valence-corrected chi connectivity index (χ1v) is 15.7. The van der Waals surface area contributed by atoms with Gasteiger partial charge in [-0.15, -0.1) is 0 Å². The zero-order chi connectivity index (χ0) is 32.3. The van der Waals surface area contributed by atoms with Crippen LogP contribution in [-0.2, 0) is 16.2 Å². The third kappa shape index (κ3) is 5.44. The molecule has 11 heteroatoms. The first-order chi connectivity index (χ1) is 21.3. The predicted octanol–water partition coefficient (Wildman–Crippen LogP) is 7.79. The standard InChI is InChI=1S/C34H28F3N3O4S/c1-20-5-7-22(8-6-20)32-31(33(41)38-2)27-18-26(29(19-30(27)44-32)39(3)45(4,42)43)23-10-9-21-15-16-40(28(21)17-23)25-13-11-24(12-14-25)34(35,36)37/h5-19H,1-4H3,(H,38,41). The highest BCUT2D eigenvalue weighted by Crippen LogP contribution is 2.42. The molecule has 0 saturated carbocycles. The minimum atomic E-state index is -4.45. The lowest BCUT2D eigenvalue weighted by Crippen LogP contribution is -2.25. The molecule has 0 bridgehead atoms. The number of carbonyl (C=O) groups excluding carboxylic acids is 1. The number of aryl methyl sites for hydroxylation is 1. The summed E-state index contributed by atoms with van der Waals surface area (Å²) in [6.07, 6.45) is -1.60. The van der Waals surface area contributed by atoms with Crippen molar-refractivity contribution in [2.75, 3.05) is 24.7 Å². The van der Waals surface area contributed by atoms with Crippen molar-refractivity contribution in [3.63, 3.8) is 0 Å². The van der Waals surface area contributed by atoms with Gasteiger partial charge in [0.25, 0.3) is 5.91 Å². The van der Waals surface area contributed by atoms with E-state index in [0.717, 1.165) is 33.6 Å². The maximum absolute atomic E-state index is 13.3. The molecule has 4 aromatic carbocycles. The summed E-state index contributed by atoms with van der Waals surface area (Å²) in [6.45, 7) is 1.95. The Morgan fingerprint density at radius 2 is 1.58 bits per heavy atom. The van der Waals surface area contributed by atoms with Crippen molar-refractivity contribution in [1.82, 2.24) is 9.88 Å². The van der Waals surface area contributed by atoms with Crippen LogP contribution in [0.3, 0.4) is 0 Å². The number of alkyl halides is 3. The molecule has 0 aliphatic rings. The van der Waals surface area contributed by atoms with Crippen molar-refractivity contribution in [3.05, 3.63) is 108 Å². The minimum absolute atomic E-state index is 0.306. The lowest BCUT2D eigenvalue weighted by molar-refractivity contribution is -0.137. The van der Waals surface area contributed by atoms with Crippen LogP contribution in [0.4, 0.5) is 18.9 Å². The normalized spacial score (nSPS) is 12.2. The van der Waals surface area contributed by atoms with Gasteiger partial charge in [-0.1, -0.05) is 42.0 Å². The monoisotopic (exact) mass is 631 g/mol. The van der Waals surface area contributed by atoms with Gasteiger partial charge in [-0.2, -0.15) is 13.2 Å². The Labute approximate surface area is 257 Å². The quantitative estimate of drug-likeness (QED) is 0.203. The molecule has 0 unspecified atom stereocenters. The van der Waals surface area contributed by atoms with Gasteiger partial charge in [0.1, 0.15) is 11.3 Å². The van der Waals surface area contributed by atoms with Crippen LogP contribution in [0, 0.1) is 6.92 Å². The van der Waals surface area contributed by atoms with Gasteiger partial charge in [-0.25, -0.2) is 8.42 Å². The van der Waals surface area contributed by atoms with Gasteiger partial charge in [0.2, 0.25) is 10.0 Å². The molecule has 0 radical (unpaired) electrons. The van der Waals surface area contributed by atoms with Gasteiger partial charge in [-0.3, -0.25) is 9.10 Å². The number of carbonyl (C=O) groups is 1. The van der Waals surface area contributed by atoms with Crippen LogP contribution in [0.25, 0.3) is 50.0 Å². The Morgan fingerprint density at radius 3 is 2.20 bits per heavy atom. The van der Waals surface area contributed by atoms with Crippen LogP contribution in [-0.4, -0.2) is 39.2 Å². The van der Waals surface area contributed by atoms with Gasteiger partial charge in [-0.05, 0) is 60.3 Å². The minimum Gasteiger partial charge on any atom is -0.455 e. The maximum Gasteiger partial charge on any atom is 0.416 e. The Balaban J connectivity index is 1.59. The number of nitrogens with one attached hydrogen (secondary N) is 1. The molecule has 0 aliphatic carbocycles. The second-order valence-corrected chi connectivity index (χ2v) is 12.9. The van der Waals surface area contributed by atoms with Crippen molar-refractivity contribution >= 4 is 43.5 Å². The molecule has 0 atom stereocenters. The highest BCUT2D eigenvalue weighted by Gasteiger charge is 2.30. The van der Waals surface area contributed by atoms with E-state index in [1.165, 1.54) is 26.2 Å². The molecule has 6 rings (SSSR count). The van der Waals surface area contributed by atoms with E-state index in [1.54, 1.807) is 22.9 Å². The number of hydrogen-bond donors (Lipinski definition) is 1. The number of amides is 1. The summed E-state index contributed by atoms with van der Waals surface area (Å²) in [7, 11) is -0.759. The highest BCUT2D eigenvalue weighted by molar-refractivity contribution is 7.92. The van der Waals surface area contributed by atoms with Crippen molar-refractivity contribution < 1.29 is 30.8 Å². The van der Waals surface area contributed by atoms with Crippen LogP contribution < -0.4 is 9.62 Å². The fraction of sp³-hybridized carbons (Fsp3) is 0.147. The highest BCUT2D eigenvalue weighted by atomic mass is 32.2. The second kappa shape index (κ2) is 10.8. The molecular weight excluding hydrogens is 603 g/mol. The number of hydrogen-bond acceptors (Lipinski definition) is 4. The van der Waals surface area contributed by atoms with E-state index in [0.29, 0.717) is 55.9 Å². The molecule has 230 valence electrons. The topological polar surface area (TPSA) is 84.6 Å². The predicted molar refractivity (Wildman–Crippen MR) is 170 cm³/mol. The Bertz CT molecular complexity index is 2200. The summed E-state index contributed by atoms with van der Waals surface area (Å²) < 4.78 is 74.3. The molecule has 6 aromatic rings. The summed E-state index contributed by atoms with van der Waals surface area (Å²) in [6, 6.07) is 23.1. The number of nitrogens with zero attached hydrogens (tertiary/aromatic N) is 2. The molecule has 2 aromatic heterocycles. The lowest BCUT2D eigenvalue weighted by atomic mass is 9.97. The summed E-state index contributed by atoms with van der Waals surface area (Å²) in [5.74, 6) is -0.0211.